The summed E-state index contributed by atoms with van der Waals surface area (Å²) in [4.78, 5) is 12.2. The normalized spacial score (nSPS) is 34.9. The van der Waals surface area contributed by atoms with Gasteiger partial charge in [0.05, 0.1) is 19.5 Å². The van der Waals surface area contributed by atoms with E-state index in [1.54, 1.807) is 6.08 Å². The molecular weight excluding hydrogens is 349 g/mol. The number of rotatable bonds is 1. The maximum atomic E-state index is 12.2. The summed E-state index contributed by atoms with van der Waals surface area (Å²) in [6.07, 6.45) is 2.81. The topological polar surface area (TPSA) is 70.0 Å². The number of methoxy groups -OCH3 is 1. The highest BCUT2D eigenvalue weighted by atomic mass is 127. The van der Waals surface area contributed by atoms with Crippen molar-refractivity contribution < 1.29 is 19.7 Å². The van der Waals surface area contributed by atoms with E-state index in [4.69, 9.17) is 9.84 Å². The molecule has 0 bridgehead atoms. The van der Waals surface area contributed by atoms with Crippen molar-refractivity contribution in [3.63, 3.8) is 0 Å². The third-order valence-electron chi connectivity index (χ3n) is 3.67. The molecule has 6 heteroatoms. The molecule has 0 saturated carbocycles. The highest BCUT2D eigenvalue weighted by Gasteiger charge is 2.49. The van der Waals surface area contributed by atoms with Gasteiger partial charge in [0.2, 0.25) is 0 Å². The molecule has 2 N–H and O–H groups in total. The average Bonchev–Trinajstić information content (AvgIpc) is 2.37. The summed E-state index contributed by atoms with van der Waals surface area (Å²) in [7, 11) is 1.37. The third-order valence-corrected chi connectivity index (χ3v) is 4.49. The van der Waals surface area contributed by atoms with Gasteiger partial charge in [0, 0.05) is 36.0 Å². The Morgan fingerprint density at radius 1 is 1.72 bits per heavy atom. The third kappa shape index (κ3) is 2.17. The number of aliphatic hydroxyl groups is 2. The molecule has 0 radical (unpaired) electrons. The van der Waals surface area contributed by atoms with Crippen LogP contribution >= 0.6 is 22.9 Å². The second kappa shape index (κ2) is 5.18. The van der Waals surface area contributed by atoms with Crippen molar-refractivity contribution in [2.75, 3.05) is 20.2 Å². The SMILES string of the molecule is COC(=O)[C@]12C/C(=C/O)C(O)C=C1CCN(I)C2. The van der Waals surface area contributed by atoms with Crippen LogP contribution in [0.4, 0.5) is 0 Å². The van der Waals surface area contributed by atoms with Gasteiger partial charge < -0.3 is 14.9 Å². The first-order valence-electron chi connectivity index (χ1n) is 5.75. The molecule has 18 heavy (non-hydrogen) atoms. The Kier molecular flexibility index (Phi) is 3.98. The van der Waals surface area contributed by atoms with Crippen molar-refractivity contribution in [1.29, 1.82) is 0 Å². The second-order valence-corrected chi connectivity index (χ2v) is 6.05. The minimum absolute atomic E-state index is 0.304. The molecule has 100 valence electrons. The molecule has 1 unspecified atom stereocenters. The number of piperidine rings is 1. The summed E-state index contributed by atoms with van der Waals surface area (Å²) in [5.41, 5.74) is 0.610. The maximum absolute atomic E-state index is 12.2. The minimum atomic E-state index is -0.802. The minimum Gasteiger partial charge on any atom is -0.516 e. The van der Waals surface area contributed by atoms with Crippen LogP contribution in [0.5, 0.6) is 0 Å². The fraction of sp³-hybridized carbons (Fsp3) is 0.583. The van der Waals surface area contributed by atoms with Crippen molar-refractivity contribution in [3.05, 3.63) is 23.5 Å². The lowest BCUT2D eigenvalue weighted by atomic mass is 9.67. The molecule has 1 aliphatic heterocycles. The van der Waals surface area contributed by atoms with E-state index in [2.05, 4.69) is 22.9 Å². The zero-order valence-corrected chi connectivity index (χ0v) is 12.3. The molecule has 0 aromatic heterocycles. The van der Waals surface area contributed by atoms with Gasteiger partial charge in [-0.15, -0.1) is 0 Å². The fourth-order valence-corrected chi connectivity index (χ4v) is 3.53. The van der Waals surface area contributed by atoms with Gasteiger partial charge >= 0.3 is 5.97 Å². The Labute approximate surface area is 120 Å². The summed E-state index contributed by atoms with van der Waals surface area (Å²) in [5, 5.41) is 19.0. The van der Waals surface area contributed by atoms with Gasteiger partial charge in [0.1, 0.15) is 5.41 Å². The van der Waals surface area contributed by atoms with Crippen molar-refractivity contribution in [1.82, 2.24) is 3.11 Å². The molecule has 0 amide bonds. The summed E-state index contributed by atoms with van der Waals surface area (Å²) in [5.74, 6) is -0.304. The molecule has 0 aromatic carbocycles. The fourth-order valence-electron chi connectivity index (χ4n) is 2.70. The zero-order chi connectivity index (χ0) is 13.3. The number of carbonyl (C=O) groups excluding carboxylic acids is 1. The quantitative estimate of drug-likeness (QED) is 0.241. The molecule has 2 aliphatic rings. The predicted molar refractivity (Wildman–Crippen MR) is 74.1 cm³/mol. The lowest BCUT2D eigenvalue weighted by Gasteiger charge is -2.44. The number of nitrogens with zero attached hydrogens (tertiary/aromatic N) is 1. The molecule has 2 rings (SSSR count). The first-order valence-corrected chi connectivity index (χ1v) is 6.71. The number of ether oxygens (including phenoxy) is 1. The van der Waals surface area contributed by atoms with Gasteiger partial charge in [-0.1, -0.05) is 11.6 Å². The first kappa shape index (κ1) is 13.8. The van der Waals surface area contributed by atoms with Crippen molar-refractivity contribution in [2.24, 2.45) is 5.41 Å². The smallest absolute Gasteiger partial charge is 0.317 e. The molecule has 0 aromatic rings. The molecular formula is C12H16INO4. The monoisotopic (exact) mass is 365 g/mol. The molecule has 1 saturated heterocycles. The number of hydrogen-bond acceptors (Lipinski definition) is 5. The van der Waals surface area contributed by atoms with Crippen molar-refractivity contribution in [2.45, 2.75) is 18.9 Å². The van der Waals surface area contributed by atoms with E-state index in [-0.39, 0.29) is 5.97 Å². The molecule has 0 spiro atoms. The van der Waals surface area contributed by atoms with Gasteiger partial charge in [-0.3, -0.25) is 4.79 Å². The summed E-state index contributed by atoms with van der Waals surface area (Å²) in [6, 6.07) is 0. The maximum Gasteiger partial charge on any atom is 0.317 e. The van der Waals surface area contributed by atoms with Crippen LogP contribution in [-0.4, -0.2) is 45.6 Å². The van der Waals surface area contributed by atoms with Gasteiger partial charge in [-0.2, -0.15) is 0 Å². The molecule has 1 fully saturated rings. The van der Waals surface area contributed by atoms with E-state index < -0.39 is 11.5 Å². The Morgan fingerprint density at radius 3 is 3.06 bits per heavy atom. The summed E-state index contributed by atoms with van der Waals surface area (Å²) in [6.45, 7) is 1.38. The van der Waals surface area contributed by atoms with Gasteiger partial charge in [-0.05, 0) is 18.4 Å². The van der Waals surface area contributed by atoms with Gasteiger partial charge in [0.25, 0.3) is 0 Å². The van der Waals surface area contributed by atoms with Crippen LogP contribution in [0.2, 0.25) is 0 Å². The van der Waals surface area contributed by atoms with Gasteiger partial charge in [0.15, 0.2) is 0 Å². The highest BCUT2D eigenvalue weighted by molar-refractivity contribution is 14.1. The largest absolute Gasteiger partial charge is 0.516 e. The van der Waals surface area contributed by atoms with Crippen molar-refractivity contribution >= 4 is 28.8 Å². The van der Waals surface area contributed by atoms with Gasteiger partial charge in [-0.25, -0.2) is 3.11 Å². The number of hydrogen-bond donors (Lipinski definition) is 2. The van der Waals surface area contributed by atoms with E-state index in [1.807, 2.05) is 3.11 Å². The predicted octanol–water partition coefficient (Wildman–Crippen LogP) is 1.33. The number of esters is 1. The summed E-state index contributed by atoms with van der Waals surface area (Å²) >= 11 is 2.18. The van der Waals surface area contributed by atoms with Crippen LogP contribution < -0.4 is 0 Å². The van der Waals surface area contributed by atoms with Crippen LogP contribution in [0.15, 0.2) is 23.5 Å². The lowest BCUT2D eigenvalue weighted by molar-refractivity contribution is -0.151. The number of fused-ring (bicyclic) bond motifs is 1. The molecule has 1 aliphatic carbocycles. The second-order valence-electron chi connectivity index (χ2n) is 4.69. The molecule has 2 atom stereocenters. The Bertz CT molecular complexity index is 420. The van der Waals surface area contributed by atoms with E-state index in [0.29, 0.717) is 18.5 Å². The standard InChI is InChI=1S/C12H16INO4/c1-18-11(17)12-5-8(6-15)10(16)4-9(12)2-3-14(13)7-12/h4,6,10,15-16H,2-3,5,7H2,1H3/b8-6-/t10?,12-/m0/s1. The first-order chi connectivity index (χ1) is 8.53. The van der Waals surface area contributed by atoms with Crippen LogP contribution in [0, 0.1) is 5.41 Å². The highest BCUT2D eigenvalue weighted by Crippen LogP contribution is 2.46. The van der Waals surface area contributed by atoms with E-state index >= 15 is 0 Å². The Morgan fingerprint density at radius 2 is 2.44 bits per heavy atom. The molecule has 1 heterocycles. The van der Waals surface area contributed by atoms with Crippen LogP contribution in [0.25, 0.3) is 0 Å². The van der Waals surface area contributed by atoms with Crippen LogP contribution in [0.3, 0.4) is 0 Å². The Hall–Kier alpha value is -0.600. The Balaban J connectivity index is 2.46. The summed E-state index contributed by atoms with van der Waals surface area (Å²) < 4.78 is 6.97. The van der Waals surface area contributed by atoms with Crippen LogP contribution in [-0.2, 0) is 9.53 Å². The average molecular weight is 365 g/mol. The lowest BCUT2D eigenvalue weighted by Crippen LogP contribution is -2.49. The van der Waals surface area contributed by atoms with Crippen LogP contribution in [0.1, 0.15) is 12.8 Å². The van der Waals surface area contributed by atoms with E-state index in [1.165, 1.54) is 7.11 Å². The molecule has 5 nitrogen and oxygen atoms in total. The van der Waals surface area contributed by atoms with E-state index in [0.717, 1.165) is 24.8 Å². The number of carbonyl (C=O) groups is 1. The number of halogens is 1. The van der Waals surface area contributed by atoms with Crippen molar-refractivity contribution in [3.8, 4) is 0 Å². The zero-order valence-electron chi connectivity index (χ0n) is 10.1. The van der Waals surface area contributed by atoms with E-state index in [9.17, 15) is 9.90 Å². The number of aliphatic hydroxyl groups excluding tert-OH is 2.